The lowest BCUT2D eigenvalue weighted by Gasteiger charge is -2.06. The maximum absolute atomic E-state index is 9.70. The topological polar surface area (TPSA) is 73.1 Å². The Kier molecular flexibility index (Phi) is 4.27. The Balaban J connectivity index is 3.01. The van der Waals surface area contributed by atoms with Crippen LogP contribution in [0, 0.1) is 6.92 Å². The highest BCUT2D eigenvalue weighted by molar-refractivity contribution is 5.84. The number of hydrogen-bond acceptors (Lipinski definition) is 4. The molecule has 0 aromatic heterocycles. The summed E-state index contributed by atoms with van der Waals surface area (Å²) in [6.07, 6.45) is 1.50. The van der Waals surface area contributed by atoms with Crippen LogP contribution in [0.1, 0.15) is 16.7 Å². The first kappa shape index (κ1) is 11.7. The Morgan fingerprint density at radius 1 is 1.33 bits per heavy atom. The molecule has 0 radical (unpaired) electrons. The van der Waals surface area contributed by atoms with Crippen molar-refractivity contribution in [3.63, 3.8) is 0 Å². The molecule has 0 aliphatic rings. The molecule has 0 saturated heterocycles. The molecule has 0 bridgehead atoms. The number of aliphatic hydroxyl groups excluding tert-OH is 2. The van der Waals surface area contributed by atoms with Crippen molar-refractivity contribution in [1.29, 1.82) is 0 Å². The van der Waals surface area contributed by atoms with Gasteiger partial charge in [-0.05, 0) is 18.6 Å². The van der Waals surface area contributed by atoms with E-state index in [1.807, 2.05) is 6.92 Å². The van der Waals surface area contributed by atoms with Gasteiger partial charge >= 0.3 is 0 Å². The Hall–Kier alpha value is -1.39. The minimum absolute atomic E-state index is 0.0179. The molecule has 4 nitrogen and oxygen atoms in total. The van der Waals surface area contributed by atoms with Crippen molar-refractivity contribution in [2.24, 2.45) is 4.99 Å². The molecule has 1 aromatic carbocycles. The van der Waals surface area contributed by atoms with Crippen molar-refractivity contribution >= 4 is 6.21 Å². The van der Waals surface area contributed by atoms with Gasteiger partial charge in [-0.1, -0.05) is 6.07 Å². The first-order valence-corrected chi connectivity index (χ1v) is 4.73. The summed E-state index contributed by atoms with van der Waals surface area (Å²) in [6, 6.07) is 3.49. The number of aromatic hydroxyl groups is 1. The summed E-state index contributed by atoms with van der Waals surface area (Å²) < 4.78 is 0. The van der Waals surface area contributed by atoms with E-state index < -0.39 is 0 Å². The van der Waals surface area contributed by atoms with E-state index in [9.17, 15) is 5.11 Å². The lowest BCUT2D eigenvalue weighted by atomic mass is 10.1. The number of phenols is 1. The predicted molar refractivity (Wildman–Crippen MR) is 58.3 cm³/mol. The number of rotatable bonds is 4. The number of aliphatic hydroxyl groups is 2. The molecule has 82 valence electrons. The summed E-state index contributed by atoms with van der Waals surface area (Å²) in [5.74, 6) is 0.0461. The minimum atomic E-state index is -0.200. The van der Waals surface area contributed by atoms with Crippen LogP contribution in [0.25, 0.3) is 0 Å². The fraction of sp³-hybridized carbons (Fsp3) is 0.364. The fourth-order valence-corrected chi connectivity index (χ4v) is 1.32. The lowest BCUT2D eigenvalue weighted by molar-refractivity contribution is 0.275. The van der Waals surface area contributed by atoms with Crippen LogP contribution < -0.4 is 0 Å². The zero-order valence-corrected chi connectivity index (χ0v) is 8.64. The van der Waals surface area contributed by atoms with Crippen molar-refractivity contribution in [3.05, 3.63) is 28.8 Å². The maximum atomic E-state index is 9.70. The summed E-state index contributed by atoms with van der Waals surface area (Å²) in [5.41, 5.74) is 2.00. The highest BCUT2D eigenvalue weighted by Gasteiger charge is 2.05. The van der Waals surface area contributed by atoms with Crippen LogP contribution in [0.3, 0.4) is 0 Å². The van der Waals surface area contributed by atoms with E-state index in [0.717, 1.165) is 5.56 Å². The highest BCUT2D eigenvalue weighted by Crippen LogP contribution is 2.23. The monoisotopic (exact) mass is 209 g/mol. The van der Waals surface area contributed by atoms with E-state index in [1.54, 1.807) is 12.1 Å². The summed E-state index contributed by atoms with van der Waals surface area (Å²) in [4.78, 5) is 3.92. The van der Waals surface area contributed by atoms with Crippen molar-refractivity contribution in [2.45, 2.75) is 13.5 Å². The largest absolute Gasteiger partial charge is 0.507 e. The number of aryl methyl sites for hydroxylation is 1. The Morgan fingerprint density at radius 3 is 2.67 bits per heavy atom. The van der Waals surface area contributed by atoms with Gasteiger partial charge in [-0.2, -0.15) is 0 Å². The highest BCUT2D eigenvalue weighted by atomic mass is 16.3. The third-order valence-corrected chi connectivity index (χ3v) is 1.99. The van der Waals surface area contributed by atoms with Crippen LogP contribution in [-0.4, -0.2) is 34.7 Å². The van der Waals surface area contributed by atoms with Gasteiger partial charge in [-0.3, -0.25) is 4.99 Å². The molecule has 0 aliphatic heterocycles. The molecule has 0 saturated carbocycles. The van der Waals surface area contributed by atoms with Crippen molar-refractivity contribution < 1.29 is 15.3 Å². The molecule has 0 heterocycles. The van der Waals surface area contributed by atoms with Crippen molar-refractivity contribution in [1.82, 2.24) is 0 Å². The molecule has 1 rings (SSSR count). The smallest absolute Gasteiger partial charge is 0.129 e. The van der Waals surface area contributed by atoms with Crippen LogP contribution in [0.4, 0.5) is 0 Å². The fourth-order valence-electron chi connectivity index (χ4n) is 1.32. The van der Waals surface area contributed by atoms with Crippen LogP contribution in [0.2, 0.25) is 0 Å². The SMILES string of the molecule is Cc1cc(C=NCCO)c(O)c(CO)c1. The van der Waals surface area contributed by atoms with E-state index in [2.05, 4.69) is 4.99 Å². The van der Waals surface area contributed by atoms with Gasteiger partial charge in [-0.15, -0.1) is 0 Å². The van der Waals surface area contributed by atoms with Gasteiger partial charge in [0.2, 0.25) is 0 Å². The molecular weight excluding hydrogens is 194 g/mol. The summed E-state index contributed by atoms with van der Waals surface area (Å²) in [6.45, 7) is 1.97. The second-order valence-corrected chi connectivity index (χ2v) is 3.28. The van der Waals surface area contributed by atoms with Gasteiger partial charge < -0.3 is 15.3 Å². The number of aliphatic imine (C=N–C) groups is 1. The molecule has 0 atom stereocenters. The van der Waals surface area contributed by atoms with Crippen molar-refractivity contribution in [3.8, 4) is 5.75 Å². The maximum Gasteiger partial charge on any atom is 0.129 e. The minimum Gasteiger partial charge on any atom is -0.507 e. The molecule has 4 heteroatoms. The van der Waals surface area contributed by atoms with Gasteiger partial charge in [0.05, 0.1) is 19.8 Å². The summed E-state index contributed by atoms with van der Waals surface area (Å²) in [5, 5.41) is 27.2. The van der Waals surface area contributed by atoms with Crippen LogP contribution >= 0.6 is 0 Å². The van der Waals surface area contributed by atoms with E-state index in [4.69, 9.17) is 10.2 Å². The Labute approximate surface area is 88.5 Å². The van der Waals surface area contributed by atoms with Gasteiger partial charge in [0, 0.05) is 17.3 Å². The summed E-state index contributed by atoms with van der Waals surface area (Å²) >= 11 is 0. The van der Waals surface area contributed by atoms with Gasteiger partial charge in [0.1, 0.15) is 5.75 Å². The Morgan fingerprint density at radius 2 is 2.07 bits per heavy atom. The third-order valence-electron chi connectivity index (χ3n) is 1.99. The molecule has 1 aromatic rings. The zero-order valence-electron chi connectivity index (χ0n) is 8.64. The van der Waals surface area contributed by atoms with Crippen LogP contribution in [-0.2, 0) is 6.61 Å². The van der Waals surface area contributed by atoms with E-state index >= 15 is 0 Å². The van der Waals surface area contributed by atoms with E-state index in [1.165, 1.54) is 6.21 Å². The second-order valence-electron chi connectivity index (χ2n) is 3.28. The first-order valence-electron chi connectivity index (χ1n) is 4.73. The Bertz CT molecular complexity index is 361. The summed E-state index contributed by atoms with van der Waals surface area (Å²) in [7, 11) is 0. The average molecular weight is 209 g/mol. The number of nitrogens with zero attached hydrogens (tertiary/aromatic N) is 1. The molecule has 15 heavy (non-hydrogen) atoms. The molecule has 3 N–H and O–H groups in total. The van der Waals surface area contributed by atoms with E-state index in [0.29, 0.717) is 17.7 Å². The predicted octanol–water partition coefficient (Wildman–Crippen LogP) is 0.604. The average Bonchev–Trinajstić information content (AvgIpc) is 2.23. The van der Waals surface area contributed by atoms with E-state index in [-0.39, 0.29) is 19.0 Å². The van der Waals surface area contributed by atoms with Crippen LogP contribution in [0.15, 0.2) is 17.1 Å². The van der Waals surface area contributed by atoms with Crippen molar-refractivity contribution in [2.75, 3.05) is 13.2 Å². The first-order chi connectivity index (χ1) is 7.19. The zero-order chi connectivity index (χ0) is 11.3. The molecule has 0 amide bonds. The second kappa shape index (κ2) is 5.48. The molecule has 0 spiro atoms. The number of hydrogen-bond donors (Lipinski definition) is 3. The lowest BCUT2D eigenvalue weighted by Crippen LogP contribution is -1.94. The number of benzene rings is 1. The third kappa shape index (κ3) is 3.04. The van der Waals surface area contributed by atoms with Gasteiger partial charge in [0.25, 0.3) is 0 Å². The standard InChI is InChI=1S/C11H15NO3/c1-8-4-9(6-12-2-3-13)11(15)10(5-8)7-14/h4-6,13-15H,2-3,7H2,1H3. The quantitative estimate of drug-likeness (QED) is 0.636. The van der Waals surface area contributed by atoms with Gasteiger partial charge in [-0.25, -0.2) is 0 Å². The van der Waals surface area contributed by atoms with Gasteiger partial charge in [0.15, 0.2) is 0 Å². The molecule has 0 aliphatic carbocycles. The molecule has 0 fully saturated rings. The van der Waals surface area contributed by atoms with Crippen LogP contribution in [0.5, 0.6) is 5.75 Å². The molecular formula is C11H15NO3. The molecule has 0 unspecified atom stereocenters. The normalized spacial score (nSPS) is 11.1.